The van der Waals surface area contributed by atoms with Gasteiger partial charge in [0, 0.05) is 18.4 Å². The predicted octanol–water partition coefficient (Wildman–Crippen LogP) is 2.10. The molecule has 0 atom stereocenters. The van der Waals surface area contributed by atoms with Crippen LogP contribution in [0.4, 0.5) is 0 Å². The minimum atomic E-state index is -0.422. The van der Waals surface area contributed by atoms with E-state index in [0.717, 1.165) is 5.69 Å². The number of esters is 1. The molecule has 0 radical (unpaired) electrons. The van der Waals surface area contributed by atoms with E-state index in [-0.39, 0.29) is 6.04 Å². The molecule has 0 spiro atoms. The molecule has 0 aliphatic carbocycles. The summed E-state index contributed by atoms with van der Waals surface area (Å²) in [5.41, 5.74) is 1.67. The second kappa shape index (κ2) is 5.60. The van der Waals surface area contributed by atoms with E-state index < -0.39 is 5.97 Å². The van der Waals surface area contributed by atoms with Crippen LogP contribution >= 0.6 is 0 Å². The van der Waals surface area contributed by atoms with Crippen molar-refractivity contribution >= 4 is 5.97 Å². The van der Waals surface area contributed by atoms with Crippen LogP contribution in [0.2, 0.25) is 0 Å². The molecule has 0 bridgehead atoms. The SMILES string of the molecule is CCOC(=O)c1cncnc1-c1ccnn1C(C)C. The molecule has 0 aliphatic rings. The van der Waals surface area contributed by atoms with Crippen molar-refractivity contribution in [3.63, 3.8) is 0 Å². The van der Waals surface area contributed by atoms with Crippen LogP contribution in [0.25, 0.3) is 11.4 Å². The lowest BCUT2D eigenvalue weighted by Crippen LogP contribution is -2.11. The highest BCUT2D eigenvalue weighted by molar-refractivity contribution is 5.95. The average molecular weight is 260 g/mol. The Balaban J connectivity index is 2.50. The summed E-state index contributed by atoms with van der Waals surface area (Å²) in [6, 6.07) is 2.00. The number of nitrogens with zero attached hydrogens (tertiary/aromatic N) is 4. The van der Waals surface area contributed by atoms with E-state index in [1.54, 1.807) is 13.1 Å². The van der Waals surface area contributed by atoms with Gasteiger partial charge in [0.25, 0.3) is 0 Å². The van der Waals surface area contributed by atoms with Gasteiger partial charge < -0.3 is 4.74 Å². The van der Waals surface area contributed by atoms with Crippen molar-refractivity contribution in [3.8, 4) is 11.4 Å². The van der Waals surface area contributed by atoms with Gasteiger partial charge in [-0.25, -0.2) is 14.8 Å². The van der Waals surface area contributed by atoms with Gasteiger partial charge >= 0.3 is 5.97 Å². The molecule has 2 heterocycles. The van der Waals surface area contributed by atoms with Gasteiger partial charge in [0.1, 0.15) is 17.6 Å². The van der Waals surface area contributed by atoms with Gasteiger partial charge in [0.15, 0.2) is 0 Å². The Bertz CT molecular complexity index is 578. The fourth-order valence-electron chi connectivity index (χ4n) is 1.81. The predicted molar refractivity (Wildman–Crippen MR) is 69.6 cm³/mol. The fourth-order valence-corrected chi connectivity index (χ4v) is 1.81. The zero-order valence-electron chi connectivity index (χ0n) is 11.2. The Hall–Kier alpha value is -2.24. The minimum absolute atomic E-state index is 0.176. The van der Waals surface area contributed by atoms with E-state index in [1.165, 1.54) is 12.5 Å². The fraction of sp³-hybridized carbons (Fsp3) is 0.385. The average Bonchev–Trinajstić information content (AvgIpc) is 2.88. The van der Waals surface area contributed by atoms with Crippen LogP contribution in [0, 0.1) is 0 Å². The van der Waals surface area contributed by atoms with Crippen LogP contribution in [-0.2, 0) is 4.74 Å². The molecule has 0 aromatic carbocycles. The molecule has 2 aromatic heterocycles. The molecule has 0 N–H and O–H groups in total. The molecule has 6 nitrogen and oxygen atoms in total. The van der Waals surface area contributed by atoms with E-state index in [4.69, 9.17) is 4.74 Å². The smallest absolute Gasteiger partial charge is 0.341 e. The Morgan fingerprint density at radius 2 is 2.26 bits per heavy atom. The van der Waals surface area contributed by atoms with Gasteiger partial charge in [0.2, 0.25) is 0 Å². The molecule has 0 aliphatic heterocycles. The van der Waals surface area contributed by atoms with E-state index in [9.17, 15) is 4.79 Å². The van der Waals surface area contributed by atoms with E-state index in [1.807, 2.05) is 24.6 Å². The standard InChI is InChI=1S/C13H16N4O2/c1-4-19-13(18)10-7-14-8-15-12(10)11-5-6-16-17(11)9(2)3/h5-9H,4H2,1-3H3. The molecule has 0 fully saturated rings. The van der Waals surface area contributed by atoms with Crippen molar-refractivity contribution < 1.29 is 9.53 Å². The summed E-state index contributed by atoms with van der Waals surface area (Å²) >= 11 is 0. The lowest BCUT2D eigenvalue weighted by atomic mass is 10.1. The highest BCUT2D eigenvalue weighted by atomic mass is 16.5. The maximum absolute atomic E-state index is 11.9. The lowest BCUT2D eigenvalue weighted by Gasteiger charge is -2.12. The zero-order chi connectivity index (χ0) is 13.8. The normalized spacial score (nSPS) is 10.7. The maximum atomic E-state index is 11.9. The summed E-state index contributed by atoms with van der Waals surface area (Å²) in [5.74, 6) is -0.422. The topological polar surface area (TPSA) is 69.9 Å². The van der Waals surface area contributed by atoms with Crippen molar-refractivity contribution in [1.29, 1.82) is 0 Å². The van der Waals surface area contributed by atoms with Crippen LogP contribution in [0.5, 0.6) is 0 Å². The second-order valence-electron chi connectivity index (χ2n) is 4.26. The van der Waals surface area contributed by atoms with Crippen molar-refractivity contribution in [2.75, 3.05) is 6.61 Å². The number of aromatic nitrogens is 4. The largest absolute Gasteiger partial charge is 0.462 e. The van der Waals surface area contributed by atoms with E-state index in [2.05, 4.69) is 15.1 Å². The highest BCUT2D eigenvalue weighted by Crippen LogP contribution is 2.23. The quantitative estimate of drug-likeness (QED) is 0.787. The Labute approximate surface area is 111 Å². The number of hydrogen-bond donors (Lipinski definition) is 0. The van der Waals surface area contributed by atoms with Crippen LogP contribution in [0.15, 0.2) is 24.8 Å². The molecule has 2 rings (SSSR count). The van der Waals surface area contributed by atoms with Crippen LogP contribution in [0.1, 0.15) is 37.2 Å². The second-order valence-corrected chi connectivity index (χ2v) is 4.26. The number of carbonyl (C=O) groups is 1. The van der Waals surface area contributed by atoms with Gasteiger partial charge in [-0.05, 0) is 26.8 Å². The molecule has 0 amide bonds. The van der Waals surface area contributed by atoms with Gasteiger partial charge in [-0.1, -0.05) is 0 Å². The Kier molecular flexibility index (Phi) is 3.89. The van der Waals surface area contributed by atoms with Crippen molar-refractivity contribution in [2.24, 2.45) is 0 Å². The number of ether oxygens (including phenoxy) is 1. The molecule has 0 saturated carbocycles. The Morgan fingerprint density at radius 3 is 2.95 bits per heavy atom. The van der Waals surface area contributed by atoms with Crippen molar-refractivity contribution in [1.82, 2.24) is 19.7 Å². The third-order valence-electron chi connectivity index (χ3n) is 2.61. The molecule has 0 unspecified atom stereocenters. The van der Waals surface area contributed by atoms with Crippen LogP contribution < -0.4 is 0 Å². The highest BCUT2D eigenvalue weighted by Gasteiger charge is 2.19. The molecular weight excluding hydrogens is 244 g/mol. The van der Waals surface area contributed by atoms with Gasteiger partial charge in [-0.2, -0.15) is 5.10 Å². The minimum Gasteiger partial charge on any atom is -0.462 e. The third-order valence-corrected chi connectivity index (χ3v) is 2.61. The van der Waals surface area contributed by atoms with Crippen molar-refractivity contribution in [3.05, 3.63) is 30.4 Å². The monoisotopic (exact) mass is 260 g/mol. The summed E-state index contributed by atoms with van der Waals surface area (Å²) in [5, 5.41) is 4.24. The Morgan fingerprint density at radius 1 is 1.47 bits per heavy atom. The molecule has 6 heteroatoms. The van der Waals surface area contributed by atoms with Crippen molar-refractivity contribution in [2.45, 2.75) is 26.8 Å². The summed E-state index contributed by atoms with van der Waals surface area (Å²) in [6.45, 7) is 6.11. The van der Waals surface area contributed by atoms with Crippen LogP contribution in [0.3, 0.4) is 0 Å². The third kappa shape index (κ3) is 2.62. The van der Waals surface area contributed by atoms with Gasteiger partial charge in [0.05, 0.1) is 12.3 Å². The van der Waals surface area contributed by atoms with E-state index >= 15 is 0 Å². The van der Waals surface area contributed by atoms with E-state index in [0.29, 0.717) is 17.9 Å². The molecule has 0 saturated heterocycles. The number of rotatable bonds is 4. The van der Waals surface area contributed by atoms with Gasteiger partial charge in [-0.15, -0.1) is 0 Å². The first-order valence-electron chi connectivity index (χ1n) is 6.16. The van der Waals surface area contributed by atoms with Crippen LogP contribution in [-0.4, -0.2) is 32.3 Å². The molecule has 19 heavy (non-hydrogen) atoms. The summed E-state index contributed by atoms with van der Waals surface area (Å²) < 4.78 is 6.83. The first kappa shape index (κ1) is 13.2. The number of carbonyl (C=O) groups excluding carboxylic acids is 1. The lowest BCUT2D eigenvalue weighted by molar-refractivity contribution is 0.0526. The zero-order valence-corrected chi connectivity index (χ0v) is 11.2. The number of hydrogen-bond acceptors (Lipinski definition) is 5. The summed E-state index contributed by atoms with van der Waals surface area (Å²) in [4.78, 5) is 20.0. The van der Waals surface area contributed by atoms with Gasteiger partial charge in [-0.3, -0.25) is 4.68 Å². The summed E-state index contributed by atoms with van der Waals surface area (Å²) in [6.07, 6.45) is 4.57. The molecular formula is C13H16N4O2. The maximum Gasteiger partial charge on any atom is 0.341 e. The first-order valence-corrected chi connectivity index (χ1v) is 6.16. The summed E-state index contributed by atoms with van der Waals surface area (Å²) in [7, 11) is 0. The first-order chi connectivity index (χ1) is 9.15. The molecule has 2 aromatic rings. The molecule has 100 valence electrons.